The van der Waals surface area contributed by atoms with Crippen molar-refractivity contribution in [1.82, 2.24) is 0 Å². The molecule has 0 aromatic heterocycles. The molecule has 1 aliphatic heterocycles. The second-order valence-electron chi connectivity index (χ2n) is 4.45. The second-order valence-corrected chi connectivity index (χ2v) is 6.68. The first-order chi connectivity index (χ1) is 9.04. The fraction of sp³-hybridized carbons (Fsp3) is 0.462. The number of aliphatic imine (C=N–C) groups is 1. The van der Waals surface area contributed by atoms with Crippen LogP contribution in [-0.4, -0.2) is 46.4 Å². The molecule has 1 aliphatic rings. The lowest BCUT2D eigenvalue weighted by Crippen LogP contribution is -2.07. The van der Waals surface area contributed by atoms with E-state index in [4.69, 9.17) is 9.47 Å². The smallest absolute Gasteiger partial charge is 0.161 e. The summed E-state index contributed by atoms with van der Waals surface area (Å²) >= 11 is 0. The van der Waals surface area contributed by atoms with Crippen LogP contribution in [0.4, 0.5) is 0 Å². The molecule has 0 spiro atoms. The Balaban J connectivity index is 2.11. The molecule has 1 fully saturated rings. The van der Waals surface area contributed by atoms with Gasteiger partial charge in [0.1, 0.15) is 0 Å². The number of sulfone groups is 1. The molecule has 1 heterocycles. The molecule has 0 bridgehead atoms. The van der Waals surface area contributed by atoms with Gasteiger partial charge >= 0.3 is 0 Å². The minimum absolute atomic E-state index is 0.127. The average molecular weight is 283 g/mol. The van der Waals surface area contributed by atoms with E-state index in [1.807, 2.05) is 12.1 Å². The molecule has 19 heavy (non-hydrogen) atoms. The van der Waals surface area contributed by atoms with Crippen molar-refractivity contribution in [1.29, 1.82) is 0 Å². The maximum atomic E-state index is 11.3. The molecule has 1 aromatic rings. The first-order valence-corrected chi connectivity index (χ1v) is 7.82. The molecule has 1 aromatic carbocycles. The van der Waals surface area contributed by atoms with Gasteiger partial charge in [-0.1, -0.05) is 0 Å². The van der Waals surface area contributed by atoms with E-state index >= 15 is 0 Å². The number of methoxy groups -OCH3 is 2. The van der Waals surface area contributed by atoms with E-state index in [0.717, 1.165) is 5.56 Å². The molecule has 0 radical (unpaired) electrons. The highest BCUT2D eigenvalue weighted by atomic mass is 32.2. The van der Waals surface area contributed by atoms with Gasteiger partial charge in [-0.05, 0) is 30.2 Å². The Kier molecular flexibility index (Phi) is 4.09. The monoisotopic (exact) mass is 283 g/mol. The standard InChI is InChI=1S/C13H17NO4S/c1-17-12-4-3-10(7-13(12)18-2)8-14-11-5-6-19(15,16)9-11/h3-4,7-8,11H,5-6,9H2,1-2H3/t11-/m1/s1. The van der Waals surface area contributed by atoms with Crippen LogP contribution in [0, 0.1) is 0 Å². The second kappa shape index (κ2) is 5.61. The third-order valence-electron chi connectivity index (χ3n) is 3.05. The number of hydrogen-bond acceptors (Lipinski definition) is 5. The van der Waals surface area contributed by atoms with Crippen LogP contribution in [0.3, 0.4) is 0 Å². The molecule has 104 valence electrons. The minimum atomic E-state index is -2.88. The summed E-state index contributed by atoms with van der Waals surface area (Å²) in [6.07, 6.45) is 2.29. The Morgan fingerprint density at radius 3 is 2.58 bits per heavy atom. The summed E-state index contributed by atoms with van der Waals surface area (Å²) in [5.41, 5.74) is 0.863. The quantitative estimate of drug-likeness (QED) is 0.782. The number of hydrogen-bond donors (Lipinski definition) is 0. The summed E-state index contributed by atoms with van der Waals surface area (Å²) in [5, 5.41) is 0. The summed E-state index contributed by atoms with van der Waals surface area (Å²) in [6.45, 7) is 0. The zero-order valence-electron chi connectivity index (χ0n) is 11.0. The maximum Gasteiger partial charge on any atom is 0.161 e. The molecular formula is C13H17NO4S. The molecule has 1 saturated heterocycles. The molecule has 2 rings (SSSR count). The molecule has 0 saturated carbocycles. The maximum absolute atomic E-state index is 11.3. The van der Waals surface area contributed by atoms with Gasteiger partial charge in [0.25, 0.3) is 0 Å². The van der Waals surface area contributed by atoms with E-state index in [2.05, 4.69) is 4.99 Å². The van der Waals surface area contributed by atoms with Crippen molar-refractivity contribution < 1.29 is 17.9 Å². The number of nitrogens with zero attached hydrogens (tertiary/aromatic N) is 1. The van der Waals surface area contributed by atoms with E-state index in [0.29, 0.717) is 17.9 Å². The first-order valence-electron chi connectivity index (χ1n) is 6.00. The Labute approximate surface area is 113 Å². The zero-order chi connectivity index (χ0) is 13.9. The third-order valence-corrected chi connectivity index (χ3v) is 4.80. The van der Waals surface area contributed by atoms with Gasteiger partial charge in [-0.2, -0.15) is 0 Å². The average Bonchev–Trinajstić information content (AvgIpc) is 2.75. The van der Waals surface area contributed by atoms with Crippen LogP contribution < -0.4 is 9.47 Å². The Morgan fingerprint density at radius 1 is 1.26 bits per heavy atom. The summed E-state index contributed by atoms with van der Waals surface area (Å²) < 4.78 is 33.0. The minimum Gasteiger partial charge on any atom is -0.493 e. The van der Waals surface area contributed by atoms with Crippen LogP contribution in [-0.2, 0) is 9.84 Å². The zero-order valence-corrected chi connectivity index (χ0v) is 11.8. The van der Waals surface area contributed by atoms with Crippen molar-refractivity contribution >= 4 is 16.1 Å². The normalized spacial score (nSPS) is 21.7. The van der Waals surface area contributed by atoms with Crippen molar-refractivity contribution in [2.75, 3.05) is 25.7 Å². The van der Waals surface area contributed by atoms with Crippen molar-refractivity contribution in [3.63, 3.8) is 0 Å². The fourth-order valence-electron chi connectivity index (χ4n) is 2.02. The topological polar surface area (TPSA) is 65.0 Å². The van der Waals surface area contributed by atoms with Gasteiger partial charge in [-0.3, -0.25) is 4.99 Å². The number of benzene rings is 1. The van der Waals surface area contributed by atoms with Gasteiger partial charge in [-0.15, -0.1) is 0 Å². The van der Waals surface area contributed by atoms with Crippen LogP contribution >= 0.6 is 0 Å². The number of rotatable bonds is 4. The third kappa shape index (κ3) is 3.47. The molecule has 0 amide bonds. The molecular weight excluding hydrogens is 266 g/mol. The highest BCUT2D eigenvalue weighted by Gasteiger charge is 2.26. The number of ether oxygens (including phenoxy) is 2. The Hall–Kier alpha value is -1.56. The van der Waals surface area contributed by atoms with Gasteiger partial charge in [0.05, 0.1) is 31.8 Å². The van der Waals surface area contributed by atoms with Gasteiger partial charge in [0.15, 0.2) is 21.3 Å². The van der Waals surface area contributed by atoms with Gasteiger partial charge in [0.2, 0.25) is 0 Å². The Morgan fingerprint density at radius 2 is 2.00 bits per heavy atom. The lowest BCUT2D eigenvalue weighted by atomic mass is 10.2. The lowest BCUT2D eigenvalue weighted by Gasteiger charge is -2.07. The predicted molar refractivity (Wildman–Crippen MR) is 74.2 cm³/mol. The molecule has 5 nitrogen and oxygen atoms in total. The van der Waals surface area contributed by atoms with E-state index in [-0.39, 0.29) is 17.5 Å². The van der Waals surface area contributed by atoms with Crippen molar-refractivity contribution in [2.24, 2.45) is 4.99 Å². The molecule has 0 aliphatic carbocycles. The van der Waals surface area contributed by atoms with Crippen LogP contribution in [0.2, 0.25) is 0 Å². The van der Waals surface area contributed by atoms with Crippen LogP contribution in [0.25, 0.3) is 0 Å². The van der Waals surface area contributed by atoms with Crippen molar-refractivity contribution in [3.05, 3.63) is 23.8 Å². The van der Waals surface area contributed by atoms with Crippen molar-refractivity contribution in [2.45, 2.75) is 12.5 Å². The largest absolute Gasteiger partial charge is 0.493 e. The summed E-state index contributed by atoms with van der Waals surface area (Å²) in [7, 11) is 0.268. The van der Waals surface area contributed by atoms with E-state index < -0.39 is 9.84 Å². The van der Waals surface area contributed by atoms with Gasteiger partial charge in [-0.25, -0.2) is 8.42 Å². The highest BCUT2D eigenvalue weighted by Crippen LogP contribution is 2.27. The summed E-state index contributed by atoms with van der Waals surface area (Å²) in [5.74, 6) is 1.67. The van der Waals surface area contributed by atoms with Crippen LogP contribution in [0.15, 0.2) is 23.2 Å². The fourth-order valence-corrected chi connectivity index (χ4v) is 3.65. The summed E-state index contributed by atoms with van der Waals surface area (Å²) in [4.78, 5) is 4.32. The molecule has 0 N–H and O–H groups in total. The molecule has 1 atom stereocenters. The first kappa shape index (κ1) is 13.9. The SMILES string of the molecule is COc1ccc(C=N[C@@H]2CCS(=O)(=O)C2)cc1OC. The van der Waals surface area contributed by atoms with E-state index in [1.165, 1.54) is 0 Å². The lowest BCUT2D eigenvalue weighted by molar-refractivity contribution is 0.355. The summed E-state index contributed by atoms with van der Waals surface area (Å²) in [6, 6.07) is 5.34. The predicted octanol–water partition coefficient (Wildman–Crippen LogP) is 1.31. The molecule has 0 unspecified atom stereocenters. The van der Waals surface area contributed by atoms with Gasteiger partial charge in [0, 0.05) is 6.21 Å². The van der Waals surface area contributed by atoms with E-state index in [9.17, 15) is 8.42 Å². The van der Waals surface area contributed by atoms with Gasteiger partial charge < -0.3 is 9.47 Å². The Bertz CT molecular complexity index is 580. The highest BCUT2D eigenvalue weighted by molar-refractivity contribution is 7.91. The molecule has 6 heteroatoms. The van der Waals surface area contributed by atoms with Crippen LogP contribution in [0.5, 0.6) is 11.5 Å². The van der Waals surface area contributed by atoms with Crippen molar-refractivity contribution in [3.8, 4) is 11.5 Å². The van der Waals surface area contributed by atoms with E-state index in [1.54, 1.807) is 26.5 Å². The van der Waals surface area contributed by atoms with Crippen LogP contribution in [0.1, 0.15) is 12.0 Å².